The minimum Gasteiger partial charge on any atom is -0.353 e. The first-order valence-corrected chi connectivity index (χ1v) is 9.40. The minimum absolute atomic E-state index is 0.610. The molecule has 0 aromatic carbocycles. The van der Waals surface area contributed by atoms with Crippen LogP contribution >= 0.6 is 22.9 Å². The van der Waals surface area contributed by atoms with Crippen LogP contribution in [0.25, 0.3) is 16.0 Å². The molecule has 0 bridgehead atoms. The van der Waals surface area contributed by atoms with Gasteiger partial charge in [-0.2, -0.15) is 0 Å². The zero-order valence-corrected chi connectivity index (χ0v) is 15.0. The van der Waals surface area contributed by atoms with Crippen LogP contribution < -0.4 is 4.90 Å². The standard InChI is InChI=1S/C16H16ClN7S/c17-13-12(24-7-8-25-16(24)21-13)9-22-3-5-23(6-4-22)15-11-1-2-18-14(11)19-10-20-15/h1-2,7-8,10H,3-6,9H2,(H,18,19,20). The van der Waals surface area contributed by atoms with Gasteiger partial charge in [-0.3, -0.25) is 9.30 Å². The normalized spacial score (nSPS) is 16.3. The van der Waals surface area contributed by atoms with Gasteiger partial charge in [-0.15, -0.1) is 11.3 Å². The summed E-state index contributed by atoms with van der Waals surface area (Å²) in [7, 11) is 0. The van der Waals surface area contributed by atoms with E-state index in [2.05, 4.69) is 34.1 Å². The van der Waals surface area contributed by atoms with Crippen molar-refractivity contribution in [1.29, 1.82) is 0 Å². The maximum absolute atomic E-state index is 6.32. The Morgan fingerprint density at radius 2 is 2.08 bits per heavy atom. The number of halogens is 1. The number of piperazine rings is 1. The van der Waals surface area contributed by atoms with Crippen LogP contribution in [0.3, 0.4) is 0 Å². The summed E-state index contributed by atoms with van der Waals surface area (Å²) in [6.07, 6.45) is 5.57. The van der Waals surface area contributed by atoms with Crippen molar-refractivity contribution >= 4 is 44.7 Å². The lowest BCUT2D eigenvalue weighted by Gasteiger charge is -2.35. The number of hydrogen-bond acceptors (Lipinski definition) is 6. The molecule has 1 fully saturated rings. The number of rotatable bonds is 3. The molecule has 1 aliphatic rings. The van der Waals surface area contributed by atoms with Crippen molar-refractivity contribution < 1.29 is 0 Å². The summed E-state index contributed by atoms with van der Waals surface area (Å²) in [5.41, 5.74) is 1.96. The molecule has 4 aromatic rings. The van der Waals surface area contributed by atoms with Crippen LogP contribution in [0, 0.1) is 0 Å². The summed E-state index contributed by atoms with van der Waals surface area (Å²) in [5, 5.41) is 3.73. The van der Waals surface area contributed by atoms with Crippen molar-refractivity contribution in [2.24, 2.45) is 0 Å². The summed E-state index contributed by atoms with van der Waals surface area (Å²) in [6, 6.07) is 2.04. The molecule has 0 spiro atoms. The lowest BCUT2D eigenvalue weighted by atomic mass is 10.2. The van der Waals surface area contributed by atoms with E-state index >= 15 is 0 Å². The van der Waals surface area contributed by atoms with Crippen LogP contribution in [-0.2, 0) is 6.54 Å². The van der Waals surface area contributed by atoms with Gasteiger partial charge in [0.25, 0.3) is 0 Å². The van der Waals surface area contributed by atoms with E-state index in [1.54, 1.807) is 17.7 Å². The van der Waals surface area contributed by atoms with E-state index in [4.69, 9.17) is 11.6 Å². The third-order valence-electron chi connectivity index (χ3n) is 4.69. The Labute approximate surface area is 152 Å². The second-order valence-corrected chi connectivity index (χ2v) is 7.34. The van der Waals surface area contributed by atoms with Crippen LogP contribution in [-0.4, -0.2) is 55.4 Å². The van der Waals surface area contributed by atoms with Crippen LogP contribution in [0.15, 0.2) is 30.2 Å². The molecule has 25 heavy (non-hydrogen) atoms. The molecular weight excluding hydrogens is 358 g/mol. The third kappa shape index (κ3) is 2.57. The van der Waals surface area contributed by atoms with E-state index < -0.39 is 0 Å². The Morgan fingerprint density at radius 1 is 1.20 bits per heavy atom. The lowest BCUT2D eigenvalue weighted by molar-refractivity contribution is 0.246. The van der Waals surface area contributed by atoms with Gasteiger partial charge in [0.05, 0.1) is 11.1 Å². The molecular formula is C16H16ClN7S. The SMILES string of the molecule is Clc1nc2sccn2c1CN1CCN(c2ncnc3[nH]ccc23)CC1. The zero-order chi connectivity index (χ0) is 16.8. The van der Waals surface area contributed by atoms with Crippen molar-refractivity contribution in [2.45, 2.75) is 6.54 Å². The predicted octanol–water partition coefficient (Wildman–Crippen LogP) is 2.64. The molecule has 5 heterocycles. The largest absolute Gasteiger partial charge is 0.353 e. The minimum atomic E-state index is 0.610. The number of imidazole rings is 1. The highest BCUT2D eigenvalue weighted by Crippen LogP contribution is 2.25. The van der Waals surface area contributed by atoms with Gasteiger partial charge in [-0.05, 0) is 6.07 Å². The Bertz CT molecular complexity index is 1030. The van der Waals surface area contributed by atoms with Gasteiger partial charge in [0.2, 0.25) is 0 Å². The maximum Gasteiger partial charge on any atom is 0.195 e. The molecule has 1 saturated heterocycles. The molecule has 9 heteroatoms. The number of anilines is 1. The fraction of sp³-hybridized carbons (Fsp3) is 0.312. The number of aromatic nitrogens is 5. The van der Waals surface area contributed by atoms with E-state index in [-0.39, 0.29) is 0 Å². The van der Waals surface area contributed by atoms with Gasteiger partial charge in [-0.25, -0.2) is 15.0 Å². The first-order chi connectivity index (χ1) is 12.3. The molecule has 0 radical (unpaired) electrons. The highest BCUT2D eigenvalue weighted by molar-refractivity contribution is 7.15. The average molecular weight is 374 g/mol. The van der Waals surface area contributed by atoms with Gasteiger partial charge >= 0.3 is 0 Å². The van der Waals surface area contributed by atoms with Gasteiger partial charge < -0.3 is 9.88 Å². The van der Waals surface area contributed by atoms with Gasteiger partial charge in [-0.1, -0.05) is 11.6 Å². The second kappa shape index (κ2) is 5.98. The summed E-state index contributed by atoms with van der Waals surface area (Å²) < 4.78 is 2.09. The van der Waals surface area contributed by atoms with Crippen molar-refractivity contribution in [3.63, 3.8) is 0 Å². The quantitative estimate of drug-likeness (QED) is 0.598. The molecule has 0 unspecified atom stereocenters. The predicted molar refractivity (Wildman–Crippen MR) is 99.5 cm³/mol. The average Bonchev–Trinajstić information content (AvgIpc) is 3.33. The van der Waals surface area contributed by atoms with E-state index in [1.807, 2.05) is 23.8 Å². The summed E-state index contributed by atoms with van der Waals surface area (Å²) in [4.78, 5) is 22.0. The van der Waals surface area contributed by atoms with E-state index in [1.165, 1.54) is 0 Å². The van der Waals surface area contributed by atoms with Crippen LogP contribution in [0.2, 0.25) is 5.15 Å². The maximum atomic E-state index is 6.32. The topological polar surface area (TPSA) is 65.3 Å². The Balaban J connectivity index is 1.32. The van der Waals surface area contributed by atoms with Crippen LogP contribution in [0.5, 0.6) is 0 Å². The first-order valence-electron chi connectivity index (χ1n) is 8.15. The van der Waals surface area contributed by atoms with Crippen LogP contribution in [0.4, 0.5) is 5.82 Å². The summed E-state index contributed by atoms with van der Waals surface area (Å²) in [6.45, 7) is 4.60. The van der Waals surface area contributed by atoms with Gasteiger partial charge in [0, 0.05) is 50.5 Å². The highest BCUT2D eigenvalue weighted by Gasteiger charge is 2.22. The molecule has 0 amide bonds. The highest BCUT2D eigenvalue weighted by atomic mass is 35.5. The zero-order valence-electron chi connectivity index (χ0n) is 13.4. The van der Waals surface area contributed by atoms with E-state index in [0.29, 0.717) is 5.15 Å². The molecule has 128 valence electrons. The second-order valence-electron chi connectivity index (χ2n) is 6.11. The number of fused-ring (bicyclic) bond motifs is 2. The fourth-order valence-corrected chi connectivity index (χ4v) is 4.40. The number of aromatic amines is 1. The van der Waals surface area contributed by atoms with Crippen molar-refractivity contribution in [1.82, 2.24) is 29.2 Å². The first kappa shape index (κ1) is 15.1. The molecule has 0 aliphatic carbocycles. The number of hydrogen-bond donors (Lipinski definition) is 1. The number of thiazole rings is 1. The van der Waals surface area contributed by atoms with Gasteiger partial charge in [0.1, 0.15) is 17.8 Å². The molecule has 4 aromatic heterocycles. The monoisotopic (exact) mass is 373 g/mol. The molecule has 0 atom stereocenters. The van der Waals surface area contributed by atoms with E-state index in [9.17, 15) is 0 Å². The van der Waals surface area contributed by atoms with Crippen molar-refractivity contribution in [2.75, 3.05) is 31.1 Å². The smallest absolute Gasteiger partial charge is 0.195 e. The fourth-order valence-electron chi connectivity index (χ4n) is 3.39. The van der Waals surface area contributed by atoms with Crippen LogP contribution in [0.1, 0.15) is 5.69 Å². The van der Waals surface area contributed by atoms with Crippen molar-refractivity contribution in [3.05, 3.63) is 41.0 Å². The summed E-state index contributed by atoms with van der Waals surface area (Å²) >= 11 is 7.93. The Hall–Kier alpha value is -2.16. The molecule has 7 nitrogen and oxygen atoms in total. The molecule has 0 saturated carbocycles. The van der Waals surface area contributed by atoms with Crippen molar-refractivity contribution in [3.8, 4) is 0 Å². The Morgan fingerprint density at radius 3 is 2.96 bits per heavy atom. The van der Waals surface area contributed by atoms with E-state index in [0.717, 1.165) is 60.2 Å². The molecule has 1 aliphatic heterocycles. The third-order valence-corrected chi connectivity index (χ3v) is 5.75. The Kier molecular flexibility index (Phi) is 3.61. The number of nitrogens with one attached hydrogen (secondary N) is 1. The lowest BCUT2D eigenvalue weighted by Crippen LogP contribution is -2.46. The molecule has 1 N–H and O–H groups in total. The number of H-pyrrole nitrogens is 1. The summed E-state index contributed by atoms with van der Waals surface area (Å²) in [5.74, 6) is 1.01. The van der Waals surface area contributed by atoms with Gasteiger partial charge in [0.15, 0.2) is 10.1 Å². The number of nitrogens with zero attached hydrogens (tertiary/aromatic N) is 6. The molecule has 5 rings (SSSR count).